The molecule has 0 saturated carbocycles. The number of carbonyl (C=O) groups is 1. The summed E-state index contributed by atoms with van der Waals surface area (Å²) in [6.07, 6.45) is -2.85. The van der Waals surface area contributed by atoms with Crippen LogP contribution in [0.1, 0.15) is 27.3 Å². The number of benzene rings is 2. The van der Waals surface area contributed by atoms with Crippen molar-refractivity contribution in [2.75, 3.05) is 16.9 Å². The van der Waals surface area contributed by atoms with Gasteiger partial charge in [-0.3, -0.25) is 9.78 Å². The van der Waals surface area contributed by atoms with E-state index in [0.29, 0.717) is 28.4 Å². The summed E-state index contributed by atoms with van der Waals surface area (Å²) < 4.78 is 63.8. The van der Waals surface area contributed by atoms with Crippen LogP contribution in [-0.2, 0) is 22.6 Å². The summed E-state index contributed by atoms with van der Waals surface area (Å²) in [4.78, 5) is 26.6. The lowest BCUT2D eigenvalue weighted by atomic mass is 10.1. The van der Waals surface area contributed by atoms with Crippen LogP contribution in [0.3, 0.4) is 0 Å². The molecule has 4 aromatic rings. The number of rotatable bonds is 5. The van der Waals surface area contributed by atoms with Gasteiger partial charge >= 0.3 is 6.18 Å². The van der Waals surface area contributed by atoms with Gasteiger partial charge in [-0.15, -0.1) is 0 Å². The summed E-state index contributed by atoms with van der Waals surface area (Å²) in [7, 11) is -3.75. The highest BCUT2D eigenvalue weighted by molar-refractivity contribution is 7.90. The van der Waals surface area contributed by atoms with E-state index in [9.17, 15) is 26.4 Å². The molecule has 0 bridgehead atoms. The third-order valence-corrected chi connectivity index (χ3v) is 6.53. The molecule has 0 radical (unpaired) electrons. The predicted molar refractivity (Wildman–Crippen MR) is 128 cm³/mol. The Morgan fingerprint density at radius 2 is 1.75 bits per heavy atom. The third-order valence-electron chi connectivity index (χ3n) is 5.38. The number of alkyl halides is 3. The molecule has 2 heterocycles. The molecule has 0 spiro atoms. The highest BCUT2D eigenvalue weighted by Gasteiger charge is 2.33. The molecular formula is C24H20F3N5O3S. The van der Waals surface area contributed by atoms with Gasteiger partial charge in [0.2, 0.25) is 0 Å². The van der Waals surface area contributed by atoms with Crippen molar-refractivity contribution in [3.63, 3.8) is 0 Å². The quantitative estimate of drug-likeness (QED) is 0.423. The topological polar surface area (TPSA) is 119 Å². The van der Waals surface area contributed by atoms with Gasteiger partial charge in [0.15, 0.2) is 9.84 Å². The van der Waals surface area contributed by atoms with E-state index in [4.69, 9.17) is 5.73 Å². The van der Waals surface area contributed by atoms with E-state index in [1.165, 1.54) is 23.1 Å². The molecular weight excluding hydrogens is 495 g/mol. The Labute approximate surface area is 204 Å². The van der Waals surface area contributed by atoms with E-state index in [-0.39, 0.29) is 28.5 Å². The van der Waals surface area contributed by atoms with Crippen molar-refractivity contribution in [2.24, 2.45) is 0 Å². The Balaban J connectivity index is 1.81. The lowest BCUT2D eigenvalue weighted by Gasteiger charge is -2.25. The molecule has 0 aliphatic rings. The lowest BCUT2D eigenvalue weighted by Crippen LogP contribution is -2.32. The number of hydrogen-bond donors (Lipinski definition) is 1. The molecule has 12 heteroatoms. The smallest absolute Gasteiger partial charge is 0.382 e. The van der Waals surface area contributed by atoms with Crippen LogP contribution in [-0.4, -0.2) is 35.5 Å². The average molecular weight is 516 g/mol. The molecule has 0 unspecified atom stereocenters. The SMILES string of the molecule is Cc1nc2ccc(CN(C(=O)c3ccc(C(F)(F)F)nc3)c3ccccc3S(C)(=O)=O)cc2nc1N. The van der Waals surface area contributed by atoms with Crippen molar-refractivity contribution >= 4 is 38.3 Å². The highest BCUT2D eigenvalue weighted by atomic mass is 32.2. The first-order valence-corrected chi connectivity index (χ1v) is 12.4. The van der Waals surface area contributed by atoms with Crippen LogP contribution in [0.15, 0.2) is 65.7 Å². The first kappa shape index (κ1) is 25.0. The zero-order valence-electron chi connectivity index (χ0n) is 19.1. The summed E-state index contributed by atoms with van der Waals surface area (Å²) in [6.45, 7) is 1.61. The van der Waals surface area contributed by atoms with E-state index in [2.05, 4.69) is 15.0 Å². The van der Waals surface area contributed by atoms with E-state index in [1.54, 1.807) is 31.2 Å². The monoisotopic (exact) mass is 515 g/mol. The third kappa shape index (κ3) is 5.13. The minimum atomic E-state index is -4.67. The molecule has 2 aromatic heterocycles. The number of aromatic nitrogens is 3. The van der Waals surface area contributed by atoms with Crippen LogP contribution in [0.5, 0.6) is 0 Å². The molecule has 4 rings (SSSR count). The fraction of sp³-hybridized carbons (Fsp3) is 0.167. The van der Waals surface area contributed by atoms with Crippen molar-refractivity contribution in [3.05, 3.63) is 83.3 Å². The van der Waals surface area contributed by atoms with Gasteiger partial charge in [0.1, 0.15) is 11.5 Å². The summed E-state index contributed by atoms with van der Waals surface area (Å²) in [5, 5.41) is 0. The van der Waals surface area contributed by atoms with Crippen molar-refractivity contribution < 1.29 is 26.4 Å². The number of nitrogen functional groups attached to an aromatic ring is 1. The number of sulfone groups is 1. The number of carbonyl (C=O) groups excluding carboxylic acids is 1. The fourth-order valence-electron chi connectivity index (χ4n) is 3.59. The van der Waals surface area contributed by atoms with Gasteiger partial charge < -0.3 is 10.6 Å². The first-order valence-electron chi connectivity index (χ1n) is 10.5. The van der Waals surface area contributed by atoms with Crippen molar-refractivity contribution in [1.82, 2.24) is 15.0 Å². The molecule has 0 atom stereocenters. The second kappa shape index (κ2) is 9.19. The number of anilines is 2. The van der Waals surface area contributed by atoms with Gasteiger partial charge in [0.05, 0.1) is 39.4 Å². The minimum Gasteiger partial charge on any atom is -0.382 e. The normalized spacial score (nSPS) is 12.0. The number of nitrogens with zero attached hydrogens (tertiary/aromatic N) is 4. The van der Waals surface area contributed by atoms with Gasteiger partial charge in [-0.25, -0.2) is 18.4 Å². The number of aryl methyl sites for hydroxylation is 1. The lowest BCUT2D eigenvalue weighted by molar-refractivity contribution is -0.141. The maximum absolute atomic E-state index is 13.5. The number of nitrogens with two attached hydrogens (primary N) is 1. The summed E-state index contributed by atoms with van der Waals surface area (Å²) >= 11 is 0. The number of amides is 1. The molecule has 2 aromatic carbocycles. The molecule has 2 N–H and O–H groups in total. The second-order valence-electron chi connectivity index (χ2n) is 8.08. The van der Waals surface area contributed by atoms with Gasteiger partial charge in [0.25, 0.3) is 5.91 Å². The molecule has 0 aliphatic heterocycles. The Kier molecular flexibility index (Phi) is 6.39. The molecule has 36 heavy (non-hydrogen) atoms. The second-order valence-corrected chi connectivity index (χ2v) is 10.1. The van der Waals surface area contributed by atoms with Crippen LogP contribution in [0.4, 0.5) is 24.7 Å². The zero-order valence-corrected chi connectivity index (χ0v) is 19.9. The van der Waals surface area contributed by atoms with Gasteiger partial charge in [-0.1, -0.05) is 18.2 Å². The van der Waals surface area contributed by atoms with Gasteiger partial charge in [0, 0.05) is 12.5 Å². The Morgan fingerprint density at radius 3 is 2.39 bits per heavy atom. The van der Waals surface area contributed by atoms with Crippen molar-refractivity contribution in [1.29, 1.82) is 0 Å². The van der Waals surface area contributed by atoms with Crippen LogP contribution < -0.4 is 10.6 Å². The summed E-state index contributed by atoms with van der Waals surface area (Å²) in [6, 6.07) is 12.6. The molecule has 0 fully saturated rings. The number of hydrogen-bond acceptors (Lipinski definition) is 7. The van der Waals surface area contributed by atoms with Crippen molar-refractivity contribution in [3.8, 4) is 0 Å². The van der Waals surface area contributed by atoms with Crippen LogP contribution in [0, 0.1) is 6.92 Å². The maximum Gasteiger partial charge on any atom is 0.433 e. The Bertz CT molecular complexity index is 1570. The standard InChI is InChI=1S/C24H20F3N5O3S/c1-14-22(28)31-18-11-15(7-9-17(18)30-14)13-32(19-5-3-4-6-20(19)36(2,34)35)23(33)16-8-10-21(29-12-16)24(25,26)27/h3-12H,13H2,1-2H3,(H2,28,31). The van der Waals surface area contributed by atoms with Gasteiger partial charge in [-0.05, 0) is 48.9 Å². The van der Waals surface area contributed by atoms with E-state index in [1.807, 2.05) is 0 Å². The number of fused-ring (bicyclic) bond motifs is 1. The van der Waals surface area contributed by atoms with Crippen LogP contribution >= 0.6 is 0 Å². The maximum atomic E-state index is 13.5. The molecule has 0 saturated heterocycles. The summed E-state index contributed by atoms with van der Waals surface area (Å²) in [5.74, 6) is -0.493. The first-order chi connectivity index (χ1) is 16.8. The zero-order chi connectivity index (χ0) is 26.3. The number of pyridine rings is 1. The summed E-state index contributed by atoms with van der Waals surface area (Å²) in [5.41, 5.74) is 6.81. The van der Waals surface area contributed by atoms with E-state index in [0.717, 1.165) is 18.5 Å². The van der Waals surface area contributed by atoms with E-state index < -0.39 is 27.6 Å². The highest BCUT2D eigenvalue weighted by Crippen LogP contribution is 2.30. The molecule has 0 aliphatic carbocycles. The van der Waals surface area contributed by atoms with Crippen molar-refractivity contribution in [2.45, 2.75) is 24.5 Å². The predicted octanol–water partition coefficient (Wildman–Crippen LogP) is 4.18. The van der Waals surface area contributed by atoms with Crippen LogP contribution in [0.25, 0.3) is 11.0 Å². The molecule has 186 valence electrons. The Morgan fingerprint density at radius 1 is 1.03 bits per heavy atom. The average Bonchev–Trinajstić information content (AvgIpc) is 2.82. The Hall–Kier alpha value is -4.06. The van der Waals surface area contributed by atoms with Gasteiger partial charge in [-0.2, -0.15) is 13.2 Å². The molecule has 1 amide bonds. The van der Waals surface area contributed by atoms with E-state index >= 15 is 0 Å². The number of para-hydroxylation sites is 1. The fourth-order valence-corrected chi connectivity index (χ4v) is 4.47. The molecule has 8 nitrogen and oxygen atoms in total. The minimum absolute atomic E-state index is 0.0690. The van der Waals surface area contributed by atoms with Crippen LogP contribution in [0.2, 0.25) is 0 Å². The largest absolute Gasteiger partial charge is 0.433 e. The number of halogens is 3.